The van der Waals surface area contributed by atoms with E-state index in [9.17, 15) is 4.79 Å². The number of aliphatic carboxylic acids is 1. The lowest BCUT2D eigenvalue weighted by Gasteiger charge is -2.23. The summed E-state index contributed by atoms with van der Waals surface area (Å²) in [5.41, 5.74) is 1.50. The molecule has 0 atom stereocenters. The quantitative estimate of drug-likeness (QED) is 0.816. The molecule has 1 N–H and O–H groups in total. The Hall–Kier alpha value is -1.77. The molecule has 0 radical (unpaired) electrons. The maximum Gasteiger partial charge on any atom is 0.328 e. The van der Waals surface area contributed by atoms with Gasteiger partial charge in [0.15, 0.2) is 0 Å². The van der Waals surface area contributed by atoms with Crippen molar-refractivity contribution in [2.45, 2.75) is 34.1 Å². The summed E-state index contributed by atoms with van der Waals surface area (Å²) >= 11 is 0. The van der Waals surface area contributed by atoms with Gasteiger partial charge in [0.1, 0.15) is 5.75 Å². The second-order valence-corrected chi connectivity index (χ2v) is 5.52. The molecule has 0 amide bonds. The van der Waals surface area contributed by atoms with E-state index in [0.29, 0.717) is 6.61 Å². The molecular weight excluding hydrogens is 240 g/mol. The minimum atomic E-state index is -0.920. The van der Waals surface area contributed by atoms with Crippen LogP contribution in [0.1, 0.15) is 39.7 Å². The Balaban J connectivity index is 3.02. The highest BCUT2D eigenvalue weighted by atomic mass is 16.5. The lowest BCUT2D eigenvalue weighted by Crippen LogP contribution is -2.10. The van der Waals surface area contributed by atoms with Gasteiger partial charge >= 0.3 is 5.97 Å². The van der Waals surface area contributed by atoms with E-state index in [1.54, 1.807) is 0 Å². The number of hydrogen-bond donors (Lipinski definition) is 1. The van der Waals surface area contributed by atoms with Crippen LogP contribution in [0, 0.1) is 5.41 Å². The molecule has 1 aromatic rings. The van der Waals surface area contributed by atoms with Crippen LogP contribution < -0.4 is 4.74 Å². The summed E-state index contributed by atoms with van der Waals surface area (Å²) in [6.45, 7) is 8.76. The smallest absolute Gasteiger partial charge is 0.328 e. The van der Waals surface area contributed by atoms with Crippen LogP contribution >= 0.6 is 0 Å². The van der Waals surface area contributed by atoms with Crippen molar-refractivity contribution in [3.8, 4) is 5.75 Å². The van der Waals surface area contributed by atoms with Gasteiger partial charge in [-0.25, -0.2) is 4.79 Å². The molecule has 19 heavy (non-hydrogen) atoms. The molecular formula is C16H22O3. The maximum absolute atomic E-state index is 10.9. The van der Waals surface area contributed by atoms with E-state index in [1.807, 2.05) is 45.0 Å². The van der Waals surface area contributed by atoms with E-state index in [1.165, 1.54) is 6.08 Å². The first-order valence-electron chi connectivity index (χ1n) is 6.53. The van der Waals surface area contributed by atoms with Gasteiger partial charge in [-0.05, 0) is 35.1 Å². The van der Waals surface area contributed by atoms with Crippen LogP contribution in [0.5, 0.6) is 5.75 Å². The van der Waals surface area contributed by atoms with Gasteiger partial charge in [0.25, 0.3) is 0 Å². The number of carboxylic acid groups (broad SMARTS) is 1. The molecule has 0 fully saturated rings. The zero-order chi connectivity index (χ0) is 14.5. The fourth-order valence-corrected chi connectivity index (χ4v) is 1.81. The summed E-state index contributed by atoms with van der Waals surface area (Å²) in [6.07, 6.45) is 2.25. The van der Waals surface area contributed by atoms with Crippen molar-refractivity contribution in [1.82, 2.24) is 0 Å². The molecule has 1 aromatic carbocycles. The highest BCUT2D eigenvalue weighted by Crippen LogP contribution is 2.34. The average molecular weight is 262 g/mol. The summed E-state index contributed by atoms with van der Waals surface area (Å²) in [5, 5.41) is 8.98. The van der Waals surface area contributed by atoms with E-state index in [-0.39, 0.29) is 5.41 Å². The van der Waals surface area contributed by atoms with Gasteiger partial charge in [-0.1, -0.05) is 39.8 Å². The van der Waals surface area contributed by atoms with Crippen LogP contribution in [0.3, 0.4) is 0 Å². The van der Waals surface area contributed by atoms with Crippen molar-refractivity contribution in [2.75, 3.05) is 6.61 Å². The van der Waals surface area contributed by atoms with E-state index < -0.39 is 5.97 Å². The molecule has 1 rings (SSSR count). The lowest BCUT2D eigenvalue weighted by molar-refractivity contribution is -0.131. The SMILES string of the molecule is CCCOc1ccc(/C(=C/C(=O)O)C(C)(C)C)cc1. The molecule has 0 aromatic heterocycles. The average Bonchev–Trinajstić information content (AvgIpc) is 2.33. The van der Waals surface area contributed by atoms with Crippen molar-refractivity contribution in [3.63, 3.8) is 0 Å². The summed E-state index contributed by atoms with van der Waals surface area (Å²) in [5.74, 6) is -0.106. The maximum atomic E-state index is 10.9. The van der Waals surface area contributed by atoms with Crippen LogP contribution in [-0.2, 0) is 4.79 Å². The first-order chi connectivity index (χ1) is 8.84. The number of hydrogen-bond acceptors (Lipinski definition) is 2. The first kappa shape index (κ1) is 15.3. The van der Waals surface area contributed by atoms with E-state index >= 15 is 0 Å². The predicted molar refractivity (Wildman–Crippen MR) is 77.3 cm³/mol. The van der Waals surface area contributed by atoms with Crippen LogP contribution in [0.2, 0.25) is 0 Å². The highest BCUT2D eigenvalue weighted by molar-refractivity contribution is 5.91. The van der Waals surface area contributed by atoms with Crippen LogP contribution in [0.4, 0.5) is 0 Å². The van der Waals surface area contributed by atoms with Gasteiger partial charge in [-0.15, -0.1) is 0 Å². The largest absolute Gasteiger partial charge is 0.494 e. The Morgan fingerprint density at radius 1 is 1.26 bits per heavy atom. The zero-order valence-corrected chi connectivity index (χ0v) is 12.1. The molecule has 3 nitrogen and oxygen atoms in total. The Kier molecular flexibility index (Phi) is 5.16. The number of carbonyl (C=O) groups is 1. The number of ether oxygens (including phenoxy) is 1. The van der Waals surface area contributed by atoms with Crippen molar-refractivity contribution >= 4 is 11.5 Å². The van der Waals surface area contributed by atoms with E-state index in [0.717, 1.165) is 23.3 Å². The van der Waals surface area contributed by atoms with E-state index in [4.69, 9.17) is 9.84 Å². The topological polar surface area (TPSA) is 46.5 Å². The molecule has 0 saturated heterocycles. The fraction of sp³-hybridized carbons (Fsp3) is 0.438. The van der Waals surface area contributed by atoms with Crippen LogP contribution in [0.25, 0.3) is 5.57 Å². The minimum Gasteiger partial charge on any atom is -0.494 e. The third-order valence-electron chi connectivity index (χ3n) is 2.71. The number of rotatable bonds is 5. The molecule has 0 unspecified atom stereocenters. The highest BCUT2D eigenvalue weighted by Gasteiger charge is 2.20. The zero-order valence-electron chi connectivity index (χ0n) is 12.1. The summed E-state index contributed by atoms with van der Waals surface area (Å²) in [6, 6.07) is 7.58. The van der Waals surface area contributed by atoms with Gasteiger partial charge in [-0.3, -0.25) is 0 Å². The predicted octanol–water partition coefficient (Wildman–Crippen LogP) is 3.99. The Morgan fingerprint density at radius 2 is 1.84 bits per heavy atom. The Morgan fingerprint density at radius 3 is 2.26 bits per heavy atom. The summed E-state index contributed by atoms with van der Waals surface area (Å²) in [4.78, 5) is 10.9. The molecule has 104 valence electrons. The van der Waals surface area contributed by atoms with E-state index in [2.05, 4.69) is 6.92 Å². The second-order valence-electron chi connectivity index (χ2n) is 5.52. The lowest BCUT2D eigenvalue weighted by atomic mass is 9.82. The third kappa shape index (κ3) is 4.78. The number of carboxylic acids is 1. The first-order valence-corrected chi connectivity index (χ1v) is 6.53. The monoisotopic (exact) mass is 262 g/mol. The fourth-order valence-electron chi connectivity index (χ4n) is 1.81. The van der Waals surface area contributed by atoms with Gasteiger partial charge in [0.05, 0.1) is 6.61 Å². The van der Waals surface area contributed by atoms with Crippen LogP contribution in [-0.4, -0.2) is 17.7 Å². The number of allylic oxidation sites excluding steroid dienone is 1. The second kappa shape index (κ2) is 6.41. The molecule has 3 heteroatoms. The van der Waals surface area contributed by atoms with Crippen molar-refractivity contribution in [2.24, 2.45) is 5.41 Å². The van der Waals surface area contributed by atoms with Gasteiger partial charge in [0, 0.05) is 6.08 Å². The van der Waals surface area contributed by atoms with Crippen molar-refractivity contribution < 1.29 is 14.6 Å². The summed E-state index contributed by atoms with van der Waals surface area (Å²) < 4.78 is 5.52. The van der Waals surface area contributed by atoms with Crippen molar-refractivity contribution in [3.05, 3.63) is 35.9 Å². The number of benzene rings is 1. The van der Waals surface area contributed by atoms with Gasteiger partial charge in [0.2, 0.25) is 0 Å². The van der Waals surface area contributed by atoms with Gasteiger partial charge in [-0.2, -0.15) is 0 Å². The van der Waals surface area contributed by atoms with Crippen LogP contribution in [0.15, 0.2) is 30.3 Å². The van der Waals surface area contributed by atoms with Crippen molar-refractivity contribution in [1.29, 1.82) is 0 Å². The molecule has 0 aliphatic rings. The molecule has 0 aliphatic carbocycles. The molecule has 0 bridgehead atoms. The molecule has 0 spiro atoms. The molecule has 0 saturated carbocycles. The summed E-state index contributed by atoms with van der Waals surface area (Å²) in [7, 11) is 0. The Labute approximate surface area is 114 Å². The Bertz CT molecular complexity index is 450. The molecule has 0 heterocycles. The third-order valence-corrected chi connectivity index (χ3v) is 2.71. The normalized spacial score (nSPS) is 12.3. The van der Waals surface area contributed by atoms with Gasteiger partial charge < -0.3 is 9.84 Å². The minimum absolute atomic E-state index is 0.218. The standard InChI is InChI=1S/C16H22O3/c1-5-10-19-13-8-6-12(7-9-13)14(11-15(17)18)16(2,3)4/h6-9,11H,5,10H2,1-4H3,(H,17,18)/b14-11-. The molecule has 0 aliphatic heterocycles.